The largest absolute Gasteiger partial charge is 0.480 e. The zero-order chi connectivity index (χ0) is 23.6. The number of aliphatic carboxylic acids is 1. The Hall–Kier alpha value is -2.82. The minimum atomic E-state index is -1.48. The lowest BCUT2D eigenvalue weighted by molar-refractivity contribution is -0.139. The maximum Gasteiger partial charge on any atom is 0.326 e. The number of hydrogen-bond acceptors (Lipinski definition) is 6. The van der Waals surface area contributed by atoms with Crippen LogP contribution < -0.4 is 10.0 Å². The number of carbonyl (C=O) groups is 2. The lowest BCUT2D eigenvalue weighted by atomic mass is 9.98. The van der Waals surface area contributed by atoms with Gasteiger partial charge in [0.25, 0.3) is 5.91 Å². The number of hydrogen-bond donors (Lipinski definition) is 3. The van der Waals surface area contributed by atoms with E-state index in [4.69, 9.17) is 0 Å². The maximum atomic E-state index is 13.0. The molecular weight excluding hydrogens is 478 g/mol. The first kappa shape index (κ1) is 24.8. The van der Waals surface area contributed by atoms with Crippen molar-refractivity contribution in [3.63, 3.8) is 0 Å². The fourth-order valence-corrected chi connectivity index (χ4v) is 5.47. The smallest absolute Gasteiger partial charge is 0.326 e. The van der Waals surface area contributed by atoms with Crippen LogP contribution in [0.2, 0.25) is 0 Å². The van der Waals surface area contributed by atoms with E-state index in [9.17, 15) is 18.9 Å². The Kier molecular flexibility index (Phi) is 9.35. The van der Waals surface area contributed by atoms with Crippen molar-refractivity contribution in [3.05, 3.63) is 78.6 Å². The molecule has 10 heteroatoms. The number of thioether (sulfide) groups is 1. The Morgan fingerprint density at radius 3 is 2.58 bits per heavy atom. The molecule has 0 bridgehead atoms. The lowest BCUT2D eigenvalue weighted by Gasteiger charge is -2.17. The van der Waals surface area contributed by atoms with Gasteiger partial charge in [0, 0.05) is 28.5 Å². The number of aromatic nitrogens is 1. The Morgan fingerprint density at radius 1 is 1.12 bits per heavy atom. The lowest BCUT2D eigenvalue weighted by Crippen LogP contribution is -2.41. The van der Waals surface area contributed by atoms with Crippen molar-refractivity contribution in [2.45, 2.75) is 17.4 Å². The van der Waals surface area contributed by atoms with Crippen molar-refractivity contribution in [2.75, 3.05) is 16.7 Å². The summed E-state index contributed by atoms with van der Waals surface area (Å²) in [5.74, 6) is -0.925. The Morgan fingerprint density at radius 2 is 1.91 bits per heavy atom. The molecule has 0 spiro atoms. The van der Waals surface area contributed by atoms with Gasteiger partial charge in [0.05, 0.1) is 0 Å². The van der Waals surface area contributed by atoms with E-state index in [1.807, 2.05) is 42.7 Å². The molecule has 0 fully saturated rings. The van der Waals surface area contributed by atoms with Crippen molar-refractivity contribution in [2.24, 2.45) is 0 Å². The van der Waals surface area contributed by atoms with Gasteiger partial charge >= 0.3 is 5.97 Å². The van der Waals surface area contributed by atoms with Crippen LogP contribution in [0.15, 0.2) is 78.0 Å². The maximum absolute atomic E-state index is 13.0. The second-order valence-corrected chi connectivity index (χ2v) is 10.6. The Balaban J connectivity index is 1.85. The molecule has 2 aromatic carbocycles. The van der Waals surface area contributed by atoms with Crippen molar-refractivity contribution in [1.82, 2.24) is 10.3 Å². The molecule has 0 aliphatic heterocycles. The molecule has 0 aliphatic rings. The van der Waals surface area contributed by atoms with Gasteiger partial charge in [-0.2, -0.15) is 11.8 Å². The van der Waals surface area contributed by atoms with Gasteiger partial charge in [-0.1, -0.05) is 30.3 Å². The fraction of sp³-hybridized carbons (Fsp3) is 0.174. The normalized spacial score (nSPS) is 12.5. The van der Waals surface area contributed by atoms with Gasteiger partial charge in [-0.3, -0.25) is 14.5 Å². The molecule has 0 aliphatic carbocycles. The van der Waals surface area contributed by atoms with E-state index in [1.165, 1.54) is 11.8 Å². The number of rotatable bonds is 11. The number of nitrogens with zero attached hydrogens (tertiary/aromatic N) is 1. The average Bonchev–Trinajstić information content (AvgIpc) is 2.82. The number of carboxylic acids is 1. The summed E-state index contributed by atoms with van der Waals surface area (Å²) < 4.78 is 15.5. The molecule has 1 unspecified atom stereocenters. The quantitative estimate of drug-likeness (QED) is 0.333. The van der Waals surface area contributed by atoms with Crippen LogP contribution in [0.4, 0.5) is 5.69 Å². The zero-order valence-corrected chi connectivity index (χ0v) is 20.2. The van der Waals surface area contributed by atoms with Crippen LogP contribution in [0, 0.1) is 0 Å². The topological polar surface area (TPSA) is 108 Å². The van der Waals surface area contributed by atoms with Gasteiger partial charge in [0.1, 0.15) is 6.04 Å². The van der Waals surface area contributed by atoms with E-state index in [2.05, 4.69) is 15.0 Å². The third-order valence-corrected chi connectivity index (χ3v) is 7.48. The second-order valence-electron chi connectivity index (χ2n) is 6.88. The summed E-state index contributed by atoms with van der Waals surface area (Å²) in [5, 5.41) is 12.1. The van der Waals surface area contributed by atoms with Crippen molar-refractivity contribution < 1.29 is 18.9 Å². The van der Waals surface area contributed by atoms with Gasteiger partial charge < -0.3 is 10.4 Å². The van der Waals surface area contributed by atoms with Crippen molar-refractivity contribution >= 4 is 50.1 Å². The highest BCUT2D eigenvalue weighted by Crippen LogP contribution is 2.29. The van der Waals surface area contributed by atoms with Crippen LogP contribution in [0.5, 0.6) is 0 Å². The molecule has 7 nitrogen and oxygen atoms in total. The van der Waals surface area contributed by atoms with Gasteiger partial charge in [-0.25, -0.2) is 9.00 Å². The van der Waals surface area contributed by atoms with E-state index in [0.717, 1.165) is 21.3 Å². The molecule has 1 amide bonds. The molecule has 0 saturated heterocycles. The van der Waals surface area contributed by atoms with Gasteiger partial charge in [-0.05, 0) is 70.7 Å². The Bertz CT molecular complexity index is 1110. The number of carbonyl (C=O) groups excluding carboxylic acids is 1. The molecule has 1 aromatic heterocycles. The summed E-state index contributed by atoms with van der Waals surface area (Å²) in [4.78, 5) is 29.4. The first-order valence-electron chi connectivity index (χ1n) is 9.97. The zero-order valence-electron chi connectivity index (χ0n) is 17.8. The van der Waals surface area contributed by atoms with Crippen LogP contribution >= 0.6 is 22.6 Å². The minimum absolute atomic E-state index is 0.326. The van der Waals surface area contributed by atoms with Crippen LogP contribution in [-0.4, -0.2) is 44.2 Å². The number of pyridine rings is 1. The van der Waals surface area contributed by atoms with E-state index < -0.39 is 27.9 Å². The van der Waals surface area contributed by atoms with Gasteiger partial charge in [-0.15, -0.1) is 0 Å². The van der Waals surface area contributed by atoms with Crippen molar-refractivity contribution in [3.8, 4) is 11.1 Å². The first-order chi connectivity index (χ1) is 16.0. The van der Waals surface area contributed by atoms with Crippen LogP contribution in [0.1, 0.15) is 16.8 Å². The number of benzene rings is 2. The van der Waals surface area contributed by atoms with Crippen LogP contribution in [0.25, 0.3) is 11.1 Å². The summed E-state index contributed by atoms with van der Waals surface area (Å²) in [5.41, 5.74) is 2.30. The monoisotopic (exact) mass is 501 g/mol. The Labute approximate surface area is 202 Å². The van der Waals surface area contributed by atoms with E-state index in [0.29, 0.717) is 29.0 Å². The van der Waals surface area contributed by atoms with E-state index >= 15 is 0 Å². The van der Waals surface area contributed by atoms with Crippen LogP contribution in [0.3, 0.4) is 0 Å². The number of nitrogens with one attached hydrogen (secondary N) is 2. The molecule has 0 radical (unpaired) electrons. The number of anilines is 1. The summed E-state index contributed by atoms with van der Waals surface area (Å²) >= 11 is 1.52. The second kappa shape index (κ2) is 12.4. The highest BCUT2D eigenvalue weighted by Gasteiger charge is 2.22. The summed E-state index contributed by atoms with van der Waals surface area (Å²) in [6.45, 7) is 0. The van der Waals surface area contributed by atoms with Crippen molar-refractivity contribution in [1.29, 1.82) is 0 Å². The number of amides is 1. The summed E-state index contributed by atoms with van der Waals surface area (Å²) in [6, 6.07) is 16.9. The minimum Gasteiger partial charge on any atom is -0.480 e. The SMILES string of the molecule is CSCC[C@H](NC(=O)c1ccc(NS(=O)Sc2cccnc2)cc1-c1ccccc1)C(=O)O. The number of carboxylic acid groups (broad SMARTS) is 1. The highest BCUT2D eigenvalue weighted by molar-refractivity contribution is 8.69. The molecule has 33 heavy (non-hydrogen) atoms. The predicted molar refractivity (Wildman–Crippen MR) is 136 cm³/mol. The molecule has 3 rings (SSSR count). The summed E-state index contributed by atoms with van der Waals surface area (Å²) in [6.07, 6.45) is 5.49. The molecule has 0 saturated carbocycles. The molecule has 1 heterocycles. The third kappa shape index (κ3) is 7.34. The summed E-state index contributed by atoms with van der Waals surface area (Å²) in [7, 11) is -0.355. The van der Waals surface area contributed by atoms with E-state index in [1.54, 1.807) is 36.7 Å². The van der Waals surface area contributed by atoms with Gasteiger partial charge in [0.15, 0.2) is 10.0 Å². The molecule has 2 atom stereocenters. The molecule has 172 valence electrons. The predicted octanol–water partition coefficient (Wildman–Crippen LogP) is 4.47. The van der Waals surface area contributed by atoms with Crippen LogP contribution in [-0.2, 0) is 14.8 Å². The van der Waals surface area contributed by atoms with E-state index in [-0.39, 0.29) is 0 Å². The first-order valence-corrected chi connectivity index (χ1v) is 13.8. The molecular formula is C23H23N3O4S3. The third-order valence-electron chi connectivity index (χ3n) is 4.57. The standard InChI is InChI=1S/C23H23N3O4S3/c1-31-13-11-21(23(28)29)25-22(27)19-10-9-17(14-20(19)16-6-3-2-4-7-16)26-33(30)32-18-8-5-12-24-15-18/h2-10,12,14-15,21,26H,11,13H2,1H3,(H,25,27)(H,28,29)/t21-,33?/m0/s1. The molecule has 3 N–H and O–H groups in total. The highest BCUT2D eigenvalue weighted by atomic mass is 33.1. The van der Waals surface area contributed by atoms with Gasteiger partial charge in [0.2, 0.25) is 0 Å². The average molecular weight is 502 g/mol. The molecule has 3 aromatic rings. The fourth-order valence-electron chi connectivity index (χ4n) is 2.99.